The number of nitrogens with zero attached hydrogens (tertiary/aromatic N) is 1. The zero-order valence-electron chi connectivity index (χ0n) is 14.5. The maximum Gasteiger partial charge on any atom is 0.328 e. The minimum Gasteiger partial charge on any atom is -0.467 e. The SMILES string of the molecule is CCC(C(=O)OC)N(C(=O)COS(C)(=O)=O)c1c(C)cccc1C. The Kier molecular flexibility index (Phi) is 6.92. The van der Waals surface area contributed by atoms with Crippen molar-refractivity contribution < 1.29 is 26.9 Å². The third-order valence-corrected chi connectivity index (χ3v) is 4.06. The zero-order valence-corrected chi connectivity index (χ0v) is 15.3. The van der Waals surface area contributed by atoms with E-state index in [2.05, 4.69) is 4.18 Å². The molecule has 0 aliphatic carbocycles. The van der Waals surface area contributed by atoms with E-state index in [1.54, 1.807) is 6.92 Å². The molecule has 0 aliphatic heterocycles. The lowest BCUT2D eigenvalue weighted by Gasteiger charge is -2.31. The van der Waals surface area contributed by atoms with E-state index < -0.39 is 34.6 Å². The van der Waals surface area contributed by atoms with Crippen molar-refractivity contribution in [2.24, 2.45) is 0 Å². The zero-order chi connectivity index (χ0) is 18.5. The lowest BCUT2D eigenvalue weighted by molar-refractivity contribution is -0.143. The van der Waals surface area contributed by atoms with Gasteiger partial charge < -0.3 is 4.74 Å². The van der Waals surface area contributed by atoms with Crippen LogP contribution in [0.5, 0.6) is 0 Å². The first-order valence-corrected chi connectivity index (χ1v) is 9.24. The average molecular weight is 357 g/mol. The number of carbonyl (C=O) groups is 2. The molecule has 1 unspecified atom stereocenters. The summed E-state index contributed by atoms with van der Waals surface area (Å²) in [6.07, 6.45) is 1.17. The van der Waals surface area contributed by atoms with Crippen molar-refractivity contribution in [2.75, 3.05) is 24.9 Å². The largest absolute Gasteiger partial charge is 0.467 e. The van der Waals surface area contributed by atoms with Crippen LogP contribution in [-0.2, 0) is 28.6 Å². The van der Waals surface area contributed by atoms with Crippen molar-refractivity contribution >= 4 is 27.7 Å². The van der Waals surface area contributed by atoms with Gasteiger partial charge in [-0.25, -0.2) is 4.79 Å². The molecular formula is C16H23NO6S. The lowest BCUT2D eigenvalue weighted by Crippen LogP contribution is -2.48. The summed E-state index contributed by atoms with van der Waals surface area (Å²) < 4.78 is 31.7. The smallest absolute Gasteiger partial charge is 0.328 e. The number of carbonyl (C=O) groups excluding carboxylic acids is 2. The molecule has 24 heavy (non-hydrogen) atoms. The molecule has 0 bridgehead atoms. The number of rotatable bonds is 7. The number of benzene rings is 1. The predicted octanol–water partition coefficient (Wildman–Crippen LogP) is 1.56. The molecule has 0 N–H and O–H groups in total. The molecule has 7 nitrogen and oxygen atoms in total. The molecular weight excluding hydrogens is 334 g/mol. The van der Waals surface area contributed by atoms with Crippen LogP contribution < -0.4 is 4.90 Å². The van der Waals surface area contributed by atoms with Gasteiger partial charge in [-0.05, 0) is 31.4 Å². The fourth-order valence-electron chi connectivity index (χ4n) is 2.46. The van der Waals surface area contributed by atoms with Crippen molar-refractivity contribution in [1.82, 2.24) is 0 Å². The first-order valence-electron chi connectivity index (χ1n) is 7.42. The molecule has 134 valence electrons. The van der Waals surface area contributed by atoms with Crippen LogP contribution in [0.1, 0.15) is 24.5 Å². The van der Waals surface area contributed by atoms with E-state index in [-0.39, 0.29) is 0 Å². The van der Waals surface area contributed by atoms with Gasteiger partial charge in [0.05, 0.1) is 19.1 Å². The molecule has 0 saturated heterocycles. The van der Waals surface area contributed by atoms with Gasteiger partial charge in [0.1, 0.15) is 12.6 Å². The van der Waals surface area contributed by atoms with E-state index in [1.165, 1.54) is 12.0 Å². The number of anilines is 1. The Balaban J connectivity index is 3.36. The Labute approximate surface area is 142 Å². The number of ether oxygens (including phenoxy) is 1. The van der Waals surface area contributed by atoms with Gasteiger partial charge in [0.25, 0.3) is 16.0 Å². The van der Waals surface area contributed by atoms with E-state index >= 15 is 0 Å². The summed E-state index contributed by atoms with van der Waals surface area (Å²) in [5, 5.41) is 0. The summed E-state index contributed by atoms with van der Waals surface area (Å²) in [6, 6.07) is 4.59. The number of para-hydroxylation sites is 1. The van der Waals surface area contributed by atoms with Crippen molar-refractivity contribution in [3.63, 3.8) is 0 Å². The van der Waals surface area contributed by atoms with E-state index in [0.29, 0.717) is 12.1 Å². The molecule has 0 fully saturated rings. The molecule has 1 amide bonds. The monoisotopic (exact) mass is 357 g/mol. The van der Waals surface area contributed by atoms with Crippen LogP contribution in [0.3, 0.4) is 0 Å². The standard InChI is InChI=1S/C16H23NO6S/c1-6-13(16(19)22-4)17(14(18)10-23-24(5,20)21)15-11(2)8-7-9-12(15)3/h7-9,13H,6,10H2,1-5H3. The second-order valence-electron chi connectivity index (χ2n) is 5.42. The highest BCUT2D eigenvalue weighted by Gasteiger charge is 2.32. The number of aryl methyl sites for hydroxylation is 2. The topological polar surface area (TPSA) is 90.0 Å². The van der Waals surface area contributed by atoms with Crippen LogP contribution >= 0.6 is 0 Å². The van der Waals surface area contributed by atoms with Gasteiger partial charge in [0.15, 0.2) is 0 Å². The van der Waals surface area contributed by atoms with Gasteiger partial charge in [-0.2, -0.15) is 8.42 Å². The third kappa shape index (κ3) is 5.04. The Morgan fingerprint density at radius 2 is 1.75 bits per heavy atom. The highest BCUT2D eigenvalue weighted by Crippen LogP contribution is 2.28. The number of amides is 1. The minimum atomic E-state index is -3.78. The fourth-order valence-corrected chi connectivity index (χ4v) is 2.77. The molecule has 1 aromatic rings. The van der Waals surface area contributed by atoms with E-state index in [0.717, 1.165) is 17.4 Å². The Hall–Kier alpha value is -1.93. The molecule has 0 saturated carbocycles. The summed E-state index contributed by atoms with van der Waals surface area (Å²) in [6.45, 7) is 4.68. The average Bonchev–Trinajstić information content (AvgIpc) is 2.50. The number of methoxy groups -OCH3 is 1. The third-order valence-electron chi connectivity index (χ3n) is 3.52. The van der Waals surface area contributed by atoms with E-state index in [1.807, 2.05) is 32.0 Å². The summed E-state index contributed by atoms with van der Waals surface area (Å²) in [4.78, 5) is 26.0. The van der Waals surface area contributed by atoms with Crippen LogP contribution in [0.25, 0.3) is 0 Å². The van der Waals surface area contributed by atoms with Gasteiger partial charge in [-0.1, -0.05) is 25.1 Å². The Morgan fingerprint density at radius 1 is 1.21 bits per heavy atom. The first kappa shape index (κ1) is 20.1. The summed E-state index contributed by atoms with van der Waals surface area (Å²) in [5.41, 5.74) is 2.12. The molecule has 8 heteroatoms. The quantitative estimate of drug-likeness (QED) is 0.543. The summed E-state index contributed by atoms with van der Waals surface area (Å²) in [5.74, 6) is -1.21. The van der Waals surface area contributed by atoms with Crippen molar-refractivity contribution in [3.8, 4) is 0 Å². The Morgan fingerprint density at radius 3 is 2.17 bits per heavy atom. The highest BCUT2D eigenvalue weighted by molar-refractivity contribution is 7.86. The van der Waals surface area contributed by atoms with Crippen molar-refractivity contribution in [2.45, 2.75) is 33.2 Å². The first-order chi connectivity index (χ1) is 11.1. The minimum absolute atomic E-state index is 0.311. The maximum atomic E-state index is 12.6. The number of hydrogen-bond acceptors (Lipinski definition) is 6. The molecule has 0 radical (unpaired) electrons. The highest BCUT2D eigenvalue weighted by atomic mass is 32.2. The molecule has 0 spiro atoms. The van der Waals surface area contributed by atoms with Crippen LogP contribution in [0.2, 0.25) is 0 Å². The second-order valence-corrected chi connectivity index (χ2v) is 7.06. The van der Waals surface area contributed by atoms with Gasteiger partial charge >= 0.3 is 5.97 Å². The van der Waals surface area contributed by atoms with Crippen LogP contribution in [-0.4, -0.2) is 46.3 Å². The van der Waals surface area contributed by atoms with Gasteiger partial charge in [0.2, 0.25) is 0 Å². The summed E-state index contributed by atoms with van der Waals surface area (Å²) >= 11 is 0. The molecule has 0 aromatic heterocycles. The summed E-state index contributed by atoms with van der Waals surface area (Å²) in [7, 11) is -2.54. The van der Waals surface area contributed by atoms with E-state index in [4.69, 9.17) is 4.74 Å². The predicted molar refractivity (Wildman–Crippen MR) is 90.3 cm³/mol. The van der Waals surface area contributed by atoms with Gasteiger partial charge in [-0.15, -0.1) is 0 Å². The number of hydrogen-bond donors (Lipinski definition) is 0. The molecule has 0 aliphatic rings. The second kappa shape index (κ2) is 8.25. The molecule has 1 atom stereocenters. The van der Waals surface area contributed by atoms with Crippen LogP contribution in [0, 0.1) is 13.8 Å². The molecule has 1 aromatic carbocycles. The molecule has 1 rings (SSSR count). The fraction of sp³-hybridized carbons (Fsp3) is 0.500. The maximum absolute atomic E-state index is 12.6. The Bertz CT molecular complexity index is 693. The van der Waals surface area contributed by atoms with Crippen LogP contribution in [0.15, 0.2) is 18.2 Å². The van der Waals surface area contributed by atoms with Crippen molar-refractivity contribution in [3.05, 3.63) is 29.3 Å². The van der Waals surface area contributed by atoms with E-state index in [9.17, 15) is 18.0 Å². The van der Waals surface area contributed by atoms with Crippen LogP contribution in [0.4, 0.5) is 5.69 Å². The molecule has 0 heterocycles. The number of esters is 1. The lowest BCUT2D eigenvalue weighted by atomic mass is 10.0. The normalized spacial score (nSPS) is 12.5. The van der Waals surface area contributed by atoms with Gasteiger partial charge in [0, 0.05) is 0 Å². The van der Waals surface area contributed by atoms with Crippen molar-refractivity contribution in [1.29, 1.82) is 0 Å². The van der Waals surface area contributed by atoms with Gasteiger partial charge in [-0.3, -0.25) is 13.9 Å².